The van der Waals surface area contributed by atoms with Crippen molar-refractivity contribution in [2.75, 3.05) is 32.9 Å². The molecule has 0 aromatic rings. The first-order valence-corrected chi connectivity index (χ1v) is 6.81. The zero-order valence-electron chi connectivity index (χ0n) is 11.8. The highest BCUT2D eigenvalue weighted by Crippen LogP contribution is 1.99. The van der Waals surface area contributed by atoms with Crippen LogP contribution in [0.1, 0.15) is 13.3 Å². The number of hydrogen-bond donors (Lipinski definition) is 8. The molecule has 122 valence electrons. The molecule has 20 heavy (non-hydrogen) atoms. The predicted octanol–water partition coefficient (Wildman–Crippen LogP) is -3.63. The van der Waals surface area contributed by atoms with Crippen LogP contribution in [0.15, 0.2) is 0 Å². The molecule has 0 saturated heterocycles. The normalized spacial score (nSPS) is 19.4. The van der Waals surface area contributed by atoms with Crippen molar-refractivity contribution in [2.24, 2.45) is 0 Å². The molecule has 8 N–H and O–H groups in total. The molecule has 0 radical (unpaired) electrons. The van der Waals surface area contributed by atoms with Crippen molar-refractivity contribution in [3.8, 4) is 0 Å². The fourth-order valence-corrected chi connectivity index (χ4v) is 1.74. The number of aliphatic hydroxyl groups is 6. The molecule has 0 aliphatic heterocycles. The van der Waals surface area contributed by atoms with Gasteiger partial charge in [-0.25, -0.2) is 0 Å². The Morgan fingerprint density at radius 1 is 0.800 bits per heavy atom. The first-order valence-electron chi connectivity index (χ1n) is 6.81. The maximum atomic E-state index is 9.59. The minimum Gasteiger partial charge on any atom is -0.395 e. The van der Waals surface area contributed by atoms with E-state index in [4.69, 9.17) is 15.3 Å². The van der Waals surface area contributed by atoms with E-state index in [2.05, 4.69) is 10.6 Å². The first-order chi connectivity index (χ1) is 9.47. The Morgan fingerprint density at radius 3 is 1.70 bits per heavy atom. The smallest absolute Gasteiger partial charge is 0.0971 e. The molecule has 0 aromatic heterocycles. The van der Waals surface area contributed by atoms with Gasteiger partial charge in [-0.05, 0) is 26.4 Å². The standard InChI is InChI=1S/C12H28N2O6/c1-8(18)12(20)10(6-16)14-4-2-3-13-9(5-15)11(19)7-17/h8-20H,2-7H2,1H3/t8?,9-,10-,11-,12-/m0/s1. The van der Waals surface area contributed by atoms with Crippen LogP contribution in [0.4, 0.5) is 0 Å². The van der Waals surface area contributed by atoms with Gasteiger partial charge in [0.25, 0.3) is 0 Å². The summed E-state index contributed by atoms with van der Waals surface area (Å²) >= 11 is 0. The van der Waals surface area contributed by atoms with E-state index in [1.54, 1.807) is 0 Å². The fraction of sp³-hybridized carbons (Fsp3) is 1.00. The minimum absolute atomic E-state index is 0.283. The van der Waals surface area contributed by atoms with Crippen molar-refractivity contribution in [1.29, 1.82) is 0 Å². The first kappa shape index (κ1) is 19.7. The third kappa shape index (κ3) is 7.46. The topological polar surface area (TPSA) is 145 Å². The lowest BCUT2D eigenvalue weighted by atomic mass is 10.1. The lowest BCUT2D eigenvalue weighted by molar-refractivity contribution is -0.00698. The molecular weight excluding hydrogens is 268 g/mol. The van der Waals surface area contributed by atoms with E-state index in [9.17, 15) is 15.3 Å². The minimum atomic E-state index is -1.05. The molecule has 0 amide bonds. The van der Waals surface area contributed by atoms with Crippen LogP contribution in [-0.2, 0) is 0 Å². The van der Waals surface area contributed by atoms with Gasteiger partial charge in [-0.15, -0.1) is 0 Å². The van der Waals surface area contributed by atoms with E-state index in [-0.39, 0.29) is 13.2 Å². The molecule has 0 rings (SSSR count). The second kappa shape index (κ2) is 11.4. The van der Waals surface area contributed by atoms with E-state index in [0.717, 1.165) is 0 Å². The van der Waals surface area contributed by atoms with E-state index in [0.29, 0.717) is 19.5 Å². The van der Waals surface area contributed by atoms with Crippen molar-refractivity contribution < 1.29 is 30.6 Å². The molecule has 1 unspecified atom stereocenters. The summed E-state index contributed by atoms with van der Waals surface area (Å²) in [6, 6.07) is -1.19. The summed E-state index contributed by atoms with van der Waals surface area (Å²) in [6.07, 6.45) is -2.38. The van der Waals surface area contributed by atoms with Crippen molar-refractivity contribution in [1.82, 2.24) is 10.6 Å². The van der Waals surface area contributed by atoms with E-state index >= 15 is 0 Å². The van der Waals surface area contributed by atoms with Crippen molar-refractivity contribution >= 4 is 0 Å². The van der Waals surface area contributed by atoms with Gasteiger partial charge in [0.15, 0.2) is 0 Å². The Labute approximate surface area is 119 Å². The number of rotatable bonds is 12. The predicted molar refractivity (Wildman–Crippen MR) is 73.2 cm³/mol. The summed E-state index contributed by atoms with van der Waals surface area (Å²) < 4.78 is 0. The molecule has 8 heteroatoms. The van der Waals surface area contributed by atoms with Gasteiger partial charge in [-0.2, -0.15) is 0 Å². The molecule has 0 spiro atoms. The average Bonchev–Trinajstić information content (AvgIpc) is 2.45. The van der Waals surface area contributed by atoms with Crippen LogP contribution in [0.2, 0.25) is 0 Å². The van der Waals surface area contributed by atoms with Gasteiger partial charge in [0.1, 0.15) is 0 Å². The maximum absolute atomic E-state index is 9.59. The Hall–Kier alpha value is -0.320. The van der Waals surface area contributed by atoms with Crippen LogP contribution >= 0.6 is 0 Å². The van der Waals surface area contributed by atoms with Crippen LogP contribution in [0, 0.1) is 0 Å². The lowest BCUT2D eigenvalue weighted by Gasteiger charge is -2.25. The van der Waals surface area contributed by atoms with E-state index in [1.807, 2.05) is 0 Å². The van der Waals surface area contributed by atoms with Gasteiger partial charge in [0, 0.05) is 0 Å². The molecule has 8 nitrogen and oxygen atoms in total. The fourth-order valence-electron chi connectivity index (χ4n) is 1.74. The Bertz CT molecular complexity index is 232. The molecule has 0 aromatic carbocycles. The number of aliphatic hydroxyl groups excluding tert-OH is 6. The second-order valence-corrected chi connectivity index (χ2v) is 4.82. The largest absolute Gasteiger partial charge is 0.395 e. The summed E-state index contributed by atoms with van der Waals surface area (Å²) in [5.74, 6) is 0. The van der Waals surface area contributed by atoms with Crippen LogP contribution in [0.25, 0.3) is 0 Å². The number of nitrogens with one attached hydrogen (secondary N) is 2. The Balaban J connectivity index is 3.84. The van der Waals surface area contributed by atoms with Gasteiger partial charge in [0.2, 0.25) is 0 Å². The van der Waals surface area contributed by atoms with E-state index in [1.165, 1.54) is 6.92 Å². The monoisotopic (exact) mass is 296 g/mol. The SMILES string of the molecule is CC(O)[C@H](O)[C@H](CO)NCCCN[C@@H](CO)[C@@H](O)CO. The maximum Gasteiger partial charge on any atom is 0.0971 e. The summed E-state index contributed by atoms with van der Waals surface area (Å²) in [6.45, 7) is 1.41. The molecule has 0 bridgehead atoms. The van der Waals surface area contributed by atoms with Crippen LogP contribution in [-0.4, -0.2) is 93.9 Å². The molecular formula is C12H28N2O6. The van der Waals surface area contributed by atoms with Crippen LogP contribution < -0.4 is 10.6 Å². The average molecular weight is 296 g/mol. The van der Waals surface area contributed by atoms with Crippen LogP contribution in [0.3, 0.4) is 0 Å². The second-order valence-electron chi connectivity index (χ2n) is 4.82. The highest BCUT2D eigenvalue weighted by molar-refractivity contribution is 4.79. The van der Waals surface area contributed by atoms with Gasteiger partial charge in [0.05, 0.1) is 50.2 Å². The summed E-state index contributed by atoms with van der Waals surface area (Å²) in [4.78, 5) is 0. The van der Waals surface area contributed by atoms with E-state index < -0.39 is 37.0 Å². The molecule has 5 atom stereocenters. The van der Waals surface area contributed by atoms with Gasteiger partial charge in [-0.3, -0.25) is 0 Å². The van der Waals surface area contributed by atoms with Crippen molar-refractivity contribution in [2.45, 2.75) is 43.7 Å². The zero-order chi connectivity index (χ0) is 15.5. The molecule has 0 aliphatic rings. The summed E-state index contributed by atoms with van der Waals surface area (Å²) in [5, 5.41) is 60.8. The molecule has 0 saturated carbocycles. The zero-order valence-corrected chi connectivity index (χ0v) is 11.8. The van der Waals surface area contributed by atoms with Gasteiger partial charge >= 0.3 is 0 Å². The molecule has 0 fully saturated rings. The highest BCUT2D eigenvalue weighted by Gasteiger charge is 2.22. The molecule has 0 aliphatic carbocycles. The Kier molecular flexibility index (Phi) is 11.2. The number of hydrogen-bond acceptors (Lipinski definition) is 8. The summed E-state index contributed by atoms with van der Waals surface area (Å²) in [5.41, 5.74) is 0. The van der Waals surface area contributed by atoms with Crippen LogP contribution in [0.5, 0.6) is 0 Å². The Morgan fingerprint density at radius 2 is 1.30 bits per heavy atom. The van der Waals surface area contributed by atoms with Crippen molar-refractivity contribution in [3.63, 3.8) is 0 Å². The van der Waals surface area contributed by atoms with Gasteiger partial charge in [-0.1, -0.05) is 0 Å². The quantitative estimate of drug-likeness (QED) is 0.172. The third-order valence-corrected chi connectivity index (χ3v) is 3.12. The van der Waals surface area contributed by atoms with Gasteiger partial charge < -0.3 is 41.3 Å². The third-order valence-electron chi connectivity index (χ3n) is 3.12. The summed E-state index contributed by atoms with van der Waals surface area (Å²) in [7, 11) is 0. The lowest BCUT2D eigenvalue weighted by Crippen LogP contribution is -2.49. The highest BCUT2D eigenvalue weighted by atomic mass is 16.3. The molecule has 0 heterocycles. The van der Waals surface area contributed by atoms with Crippen molar-refractivity contribution in [3.05, 3.63) is 0 Å².